The van der Waals surface area contributed by atoms with Gasteiger partial charge in [-0.1, -0.05) is 49.3 Å². The molecule has 0 aliphatic heterocycles. The summed E-state index contributed by atoms with van der Waals surface area (Å²) in [6.07, 6.45) is 18.9. The van der Waals surface area contributed by atoms with E-state index in [4.69, 9.17) is 4.42 Å². The quantitative estimate of drug-likeness (QED) is 0.547. The van der Waals surface area contributed by atoms with Gasteiger partial charge < -0.3 is 4.42 Å². The van der Waals surface area contributed by atoms with Gasteiger partial charge in [0.15, 0.2) is 0 Å². The molecular weight excluding hydrogens is 268 g/mol. The standard InChI is InChI=1S/C21H30O/c1-17(8-5-12-20-13-15-22-16-20)9-7-14-21(4)18(2)10-6-11-19(21)3/h7-8,10,13-16,19H,5-6,9,11-12H2,1-4H3/b14-7?,17-8+/t19?,21-/m1/s1. The van der Waals surface area contributed by atoms with Crippen molar-refractivity contribution in [3.63, 3.8) is 0 Å². The van der Waals surface area contributed by atoms with Crippen LogP contribution in [-0.2, 0) is 6.42 Å². The summed E-state index contributed by atoms with van der Waals surface area (Å²) in [6, 6.07) is 2.05. The highest BCUT2D eigenvalue weighted by Gasteiger charge is 2.31. The molecule has 120 valence electrons. The molecule has 0 aromatic carbocycles. The maximum Gasteiger partial charge on any atom is 0.0934 e. The molecule has 0 amide bonds. The summed E-state index contributed by atoms with van der Waals surface area (Å²) >= 11 is 0. The van der Waals surface area contributed by atoms with Gasteiger partial charge in [0.1, 0.15) is 0 Å². The monoisotopic (exact) mass is 298 g/mol. The van der Waals surface area contributed by atoms with Crippen LogP contribution in [0.2, 0.25) is 0 Å². The molecular formula is C21H30O. The third-order valence-corrected chi connectivity index (χ3v) is 5.33. The Balaban J connectivity index is 1.85. The maximum atomic E-state index is 5.10. The molecule has 1 unspecified atom stereocenters. The van der Waals surface area contributed by atoms with Crippen molar-refractivity contribution in [3.8, 4) is 0 Å². The number of aryl methyl sites for hydroxylation is 1. The predicted octanol–water partition coefficient (Wildman–Crippen LogP) is 6.49. The fourth-order valence-electron chi connectivity index (χ4n) is 3.25. The Bertz CT molecular complexity index is 544. The van der Waals surface area contributed by atoms with Gasteiger partial charge in [-0.3, -0.25) is 0 Å². The van der Waals surface area contributed by atoms with E-state index in [0.29, 0.717) is 0 Å². The van der Waals surface area contributed by atoms with E-state index in [2.05, 4.69) is 52.0 Å². The fraction of sp³-hybridized carbons (Fsp3) is 0.524. The molecule has 0 radical (unpaired) electrons. The zero-order valence-electron chi connectivity index (χ0n) is 14.6. The second-order valence-corrected chi connectivity index (χ2v) is 6.98. The van der Waals surface area contributed by atoms with E-state index in [1.165, 1.54) is 29.6 Å². The van der Waals surface area contributed by atoms with E-state index in [0.717, 1.165) is 25.2 Å². The first-order valence-corrected chi connectivity index (χ1v) is 8.54. The summed E-state index contributed by atoms with van der Waals surface area (Å²) in [5.41, 5.74) is 4.51. The minimum Gasteiger partial charge on any atom is -0.472 e. The first-order valence-electron chi connectivity index (χ1n) is 8.54. The second-order valence-electron chi connectivity index (χ2n) is 6.98. The van der Waals surface area contributed by atoms with Crippen LogP contribution in [0.1, 0.15) is 58.9 Å². The Morgan fingerprint density at radius 1 is 1.45 bits per heavy atom. The number of rotatable bonds is 6. The summed E-state index contributed by atoms with van der Waals surface area (Å²) in [5.74, 6) is 0.735. The van der Waals surface area contributed by atoms with Crippen LogP contribution in [0.5, 0.6) is 0 Å². The lowest BCUT2D eigenvalue weighted by Gasteiger charge is -2.37. The zero-order valence-corrected chi connectivity index (χ0v) is 14.6. The molecule has 0 N–H and O–H groups in total. The van der Waals surface area contributed by atoms with Gasteiger partial charge >= 0.3 is 0 Å². The van der Waals surface area contributed by atoms with E-state index in [-0.39, 0.29) is 5.41 Å². The van der Waals surface area contributed by atoms with Crippen LogP contribution in [0, 0.1) is 11.3 Å². The van der Waals surface area contributed by atoms with Gasteiger partial charge in [0.05, 0.1) is 12.5 Å². The van der Waals surface area contributed by atoms with E-state index in [9.17, 15) is 0 Å². The highest BCUT2D eigenvalue weighted by atomic mass is 16.3. The zero-order chi connectivity index (χ0) is 16.0. The lowest BCUT2D eigenvalue weighted by atomic mass is 9.67. The van der Waals surface area contributed by atoms with Gasteiger partial charge in [-0.25, -0.2) is 0 Å². The largest absolute Gasteiger partial charge is 0.472 e. The minimum atomic E-state index is 0.245. The molecule has 1 aromatic heterocycles. The van der Waals surface area contributed by atoms with Crippen molar-refractivity contribution >= 4 is 0 Å². The molecule has 22 heavy (non-hydrogen) atoms. The molecule has 1 aliphatic carbocycles. The Morgan fingerprint density at radius 3 is 2.95 bits per heavy atom. The van der Waals surface area contributed by atoms with Gasteiger partial charge in [0, 0.05) is 5.41 Å². The molecule has 0 saturated heterocycles. The topological polar surface area (TPSA) is 13.1 Å². The summed E-state index contributed by atoms with van der Waals surface area (Å²) < 4.78 is 5.10. The van der Waals surface area contributed by atoms with Crippen molar-refractivity contribution in [2.24, 2.45) is 11.3 Å². The molecule has 1 heterocycles. The SMILES string of the molecule is CC1=CCCC(C)[C@]1(C)C=CC/C(C)=C/CCc1ccoc1. The molecule has 2 atom stereocenters. The normalized spacial score (nSPS) is 26.5. The van der Waals surface area contributed by atoms with Crippen molar-refractivity contribution in [2.75, 3.05) is 0 Å². The van der Waals surface area contributed by atoms with Gasteiger partial charge in [-0.15, -0.1) is 0 Å². The Hall–Kier alpha value is -1.50. The molecule has 0 saturated carbocycles. The molecule has 0 bridgehead atoms. The Labute approximate surface area is 135 Å². The highest BCUT2D eigenvalue weighted by molar-refractivity contribution is 5.24. The summed E-state index contributed by atoms with van der Waals surface area (Å²) in [6.45, 7) is 9.29. The van der Waals surface area contributed by atoms with Crippen molar-refractivity contribution in [3.05, 3.63) is 59.6 Å². The average molecular weight is 298 g/mol. The molecule has 0 spiro atoms. The number of furan rings is 1. The lowest BCUT2D eigenvalue weighted by Crippen LogP contribution is -2.27. The van der Waals surface area contributed by atoms with Crippen LogP contribution in [0.3, 0.4) is 0 Å². The van der Waals surface area contributed by atoms with E-state index < -0.39 is 0 Å². The summed E-state index contributed by atoms with van der Waals surface area (Å²) in [5, 5.41) is 0. The summed E-state index contributed by atoms with van der Waals surface area (Å²) in [4.78, 5) is 0. The third kappa shape index (κ3) is 4.25. The molecule has 2 rings (SSSR count). The molecule has 1 aromatic rings. The first-order chi connectivity index (χ1) is 10.5. The van der Waals surface area contributed by atoms with Crippen molar-refractivity contribution < 1.29 is 4.42 Å². The van der Waals surface area contributed by atoms with Crippen LogP contribution in [0.25, 0.3) is 0 Å². The lowest BCUT2D eigenvalue weighted by molar-refractivity contribution is 0.296. The maximum absolute atomic E-state index is 5.10. The first kappa shape index (κ1) is 16.9. The van der Waals surface area contributed by atoms with E-state index in [1.807, 2.05) is 12.3 Å². The van der Waals surface area contributed by atoms with Crippen molar-refractivity contribution in [2.45, 2.75) is 59.8 Å². The number of hydrogen-bond donors (Lipinski definition) is 0. The highest BCUT2D eigenvalue weighted by Crippen LogP contribution is 2.42. The van der Waals surface area contributed by atoms with Gasteiger partial charge in [0.2, 0.25) is 0 Å². The molecule has 1 heteroatoms. The number of allylic oxidation sites excluding steroid dienone is 6. The van der Waals surface area contributed by atoms with Crippen LogP contribution in [0.4, 0.5) is 0 Å². The van der Waals surface area contributed by atoms with Crippen molar-refractivity contribution in [1.29, 1.82) is 0 Å². The fourth-order valence-corrected chi connectivity index (χ4v) is 3.25. The predicted molar refractivity (Wildman–Crippen MR) is 94.8 cm³/mol. The Morgan fingerprint density at radius 2 is 2.27 bits per heavy atom. The van der Waals surface area contributed by atoms with E-state index >= 15 is 0 Å². The second kappa shape index (κ2) is 7.67. The van der Waals surface area contributed by atoms with Crippen LogP contribution < -0.4 is 0 Å². The molecule has 1 aliphatic rings. The average Bonchev–Trinajstić information content (AvgIpc) is 2.98. The van der Waals surface area contributed by atoms with Crippen LogP contribution in [0.15, 0.2) is 58.5 Å². The Kier molecular flexibility index (Phi) is 5.88. The molecule has 1 nitrogen and oxygen atoms in total. The van der Waals surface area contributed by atoms with Gasteiger partial charge in [-0.05, 0) is 63.5 Å². The van der Waals surface area contributed by atoms with Crippen LogP contribution in [-0.4, -0.2) is 0 Å². The molecule has 0 fully saturated rings. The van der Waals surface area contributed by atoms with Gasteiger partial charge in [-0.2, -0.15) is 0 Å². The summed E-state index contributed by atoms with van der Waals surface area (Å²) in [7, 11) is 0. The van der Waals surface area contributed by atoms with Gasteiger partial charge in [0.25, 0.3) is 0 Å². The van der Waals surface area contributed by atoms with Crippen LogP contribution >= 0.6 is 0 Å². The smallest absolute Gasteiger partial charge is 0.0934 e. The third-order valence-electron chi connectivity index (χ3n) is 5.33. The minimum absolute atomic E-state index is 0.245. The van der Waals surface area contributed by atoms with E-state index in [1.54, 1.807) is 6.26 Å². The van der Waals surface area contributed by atoms with Crippen molar-refractivity contribution in [1.82, 2.24) is 0 Å². The number of hydrogen-bond acceptors (Lipinski definition) is 1.